The van der Waals surface area contributed by atoms with Crippen molar-refractivity contribution in [1.82, 2.24) is 10.2 Å². The largest absolute Gasteiger partial charge is 0.351 e. The zero-order chi connectivity index (χ0) is 9.35. The fraction of sp³-hybridized carbons (Fsp3) is 0.875. The number of halogens is 1. The van der Waals surface area contributed by atoms with Gasteiger partial charge in [0, 0.05) is 19.1 Å². The number of primary amides is 1. The smallest absolute Gasteiger partial charge is 0.315 e. The molecule has 4 nitrogen and oxygen atoms in total. The van der Waals surface area contributed by atoms with Crippen LogP contribution < -0.4 is 11.1 Å². The summed E-state index contributed by atoms with van der Waals surface area (Å²) in [5, 5.41) is 3.31. The molecule has 5 heteroatoms. The van der Waals surface area contributed by atoms with E-state index in [1.807, 2.05) is 13.8 Å². The van der Waals surface area contributed by atoms with Gasteiger partial charge in [-0.1, -0.05) is 0 Å². The lowest BCUT2D eigenvalue weighted by Crippen LogP contribution is -2.65. The Hall–Kier alpha value is -0.480. The molecule has 0 aliphatic carbocycles. The van der Waals surface area contributed by atoms with Crippen LogP contribution in [0.2, 0.25) is 0 Å². The van der Waals surface area contributed by atoms with Crippen LogP contribution in [0.1, 0.15) is 20.8 Å². The molecule has 1 unspecified atom stereocenters. The first-order chi connectivity index (χ1) is 5.46. The zero-order valence-corrected chi connectivity index (χ0v) is 9.15. The molecule has 1 saturated heterocycles. The Morgan fingerprint density at radius 1 is 1.62 bits per heavy atom. The number of nitrogens with two attached hydrogens (primary N) is 1. The number of nitrogens with one attached hydrogen (secondary N) is 1. The molecule has 0 aromatic rings. The minimum absolute atomic E-state index is 0. The van der Waals surface area contributed by atoms with Crippen LogP contribution in [0, 0.1) is 0 Å². The zero-order valence-electron chi connectivity index (χ0n) is 8.33. The topological polar surface area (TPSA) is 58.4 Å². The third-order valence-corrected chi connectivity index (χ3v) is 2.81. The average molecular weight is 208 g/mol. The molecular formula is C8H18ClN3O. The molecule has 1 rings (SSSR count). The van der Waals surface area contributed by atoms with E-state index in [1.165, 1.54) is 0 Å². The molecule has 78 valence electrons. The summed E-state index contributed by atoms with van der Waals surface area (Å²) in [5.74, 6) is 0. The molecule has 0 radical (unpaired) electrons. The van der Waals surface area contributed by atoms with E-state index in [0.717, 1.165) is 6.54 Å². The van der Waals surface area contributed by atoms with Crippen LogP contribution >= 0.6 is 12.4 Å². The highest BCUT2D eigenvalue weighted by molar-refractivity contribution is 5.85. The summed E-state index contributed by atoms with van der Waals surface area (Å²) in [7, 11) is 0. The number of amides is 2. The number of urea groups is 1. The molecule has 1 aliphatic heterocycles. The molecule has 0 saturated carbocycles. The molecule has 2 amide bonds. The van der Waals surface area contributed by atoms with Gasteiger partial charge in [-0.05, 0) is 20.8 Å². The summed E-state index contributed by atoms with van der Waals surface area (Å²) in [6.45, 7) is 7.64. The third-order valence-electron chi connectivity index (χ3n) is 2.81. The first-order valence-corrected chi connectivity index (χ1v) is 4.26. The van der Waals surface area contributed by atoms with Gasteiger partial charge in [0.15, 0.2) is 0 Å². The molecule has 1 heterocycles. The molecule has 1 aliphatic rings. The van der Waals surface area contributed by atoms with Crippen molar-refractivity contribution in [3.05, 3.63) is 0 Å². The van der Waals surface area contributed by atoms with Crippen LogP contribution in [0.4, 0.5) is 4.79 Å². The second-order valence-electron chi connectivity index (χ2n) is 3.82. The highest BCUT2D eigenvalue weighted by Gasteiger charge is 2.37. The van der Waals surface area contributed by atoms with E-state index in [2.05, 4.69) is 12.2 Å². The Morgan fingerprint density at radius 2 is 2.15 bits per heavy atom. The number of hydrogen-bond donors (Lipinski definition) is 2. The predicted octanol–water partition coefficient (Wildman–Crippen LogP) is 0.559. The maximum absolute atomic E-state index is 11.0. The molecule has 0 spiro atoms. The summed E-state index contributed by atoms with van der Waals surface area (Å²) < 4.78 is 0. The molecule has 0 aromatic carbocycles. The van der Waals surface area contributed by atoms with Crippen molar-refractivity contribution < 1.29 is 4.79 Å². The Balaban J connectivity index is 0.00000144. The van der Waals surface area contributed by atoms with Gasteiger partial charge in [-0.15, -0.1) is 12.4 Å². The third kappa shape index (κ3) is 2.25. The van der Waals surface area contributed by atoms with E-state index in [9.17, 15) is 4.79 Å². The van der Waals surface area contributed by atoms with Crippen molar-refractivity contribution in [3.8, 4) is 0 Å². The van der Waals surface area contributed by atoms with Crippen molar-refractivity contribution in [2.24, 2.45) is 5.73 Å². The van der Waals surface area contributed by atoms with Crippen LogP contribution in [-0.2, 0) is 0 Å². The molecule has 0 aromatic heterocycles. The second-order valence-corrected chi connectivity index (χ2v) is 3.82. The SMILES string of the molecule is CC1NCCN(C(N)=O)C1(C)C.Cl. The minimum Gasteiger partial charge on any atom is -0.351 e. The van der Waals surface area contributed by atoms with E-state index in [4.69, 9.17) is 5.73 Å². The predicted molar refractivity (Wildman–Crippen MR) is 55.1 cm³/mol. The van der Waals surface area contributed by atoms with Gasteiger partial charge in [-0.25, -0.2) is 4.79 Å². The molecular weight excluding hydrogens is 190 g/mol. The van der Waals surface area contributed by atoms with Crippen LogP contribution in [0.3, 0.4) is 0 Å². The summed E-state index contributed by atoms with van der Waals surface area (Å²) in [6.07, 6.45) is 0. The lowest BCUT2D eigenvalue weighted by Gasteiger charge is -2.46. The lowest BCUT2D eigenvalue weighted by molar-refractivity contribution is 0.0881. The maximum Gasteiger partial charge on any atom is 0.315 e. The number of carbonyl (C=O) groups is 1. The number of piperazine rings is 1. The lowest BCUT2D eigenvalue weighted by atomic mass is 9.92. The monoisotopic (exact) mass is 207 g/mol. The highest BCUT2D eigenvalue weighted by Crippen LogP contribution is 2.21. The molecule has 0 bridgehead atoms. The number of rotatable bonds is 0. The van der Waals surface area contributed by atoms with E-state index in [0.29, 0.717) is 12.6 Å². The van der Waals surface area contributed by atoms with E-state index >= 15 is 0 Å². The second kappa shape index (κ2) is 4.15. The molecule has 13 heavy (non-hydrogen) atoms. The van der Waals surface area contributed by atoms with Gasteiger partial charge >= 0.3 is 6.03 Å². The maximum atomic E-state index is 11.0. The molecule has 1 fully saturated rings. The van der Waals surface area contributed by atoms with Crippen LogP contribution in [0.5, 0.6) is 0 Å². The van der Waals surface area contributed by atoms with Crippen molar-refractivity contribution in [2.45, 2.75) is 32.4 Å². The van der Waals surface area contributed by atoms with Crippen LogP contribution in [-0.4, -0.2) is 35.6 Å². The normalized spacial score (nSPS) is 26.4. The minimum atomic E-state index is -0.326. The summed E-state index contributed by atoms with van der Waals surface area (Å²) >= 11 is 0. The van der Waals surface area contributed by atoms with E-state index < -0.39 is 0 Å². The first kappa shape index (κ1) is 12.5. The fourth-order valence-corrected chi connectivity index (χ4v) is 1.56. The first-order valence-electron chi connectivity index (χ1n) is 4.26. The van der Waals surface area contributed by atoms with Crippen molar-refractivity contribution in [1.29, 1.82) is 0 Å². The molecule has 1 atom stereocenters. The van der Waals surface area contributed by atoms with Gasteiger partial charge in [0.1, 0.15) is 0 Å². The Labute approximate surface area is 85.3 Å². The fourth-order valence-electron chi connectivity index (χ4n) is 1.56. The Morgan fingerprint density at radius 3 is 2.54 bits per heavy atom. The number of carbonyl (C=O) groups excluding carboxylic acids is 1. The highest BCUT2D eigenvalue weighted by atomic mass is 35.5. The van der Waals surface area contributed by atoms with Gasteiger partial charge in [-0.2, -0.15) is 0 Å². The van der Waals surface area contributed by atoms with Gasteiger partial charge in [-0.3, -0.25) is 0 Å². The quantitative estimate of drug-likeness (QED) is 0.610. The van der Waals surface area contributed by atoms with Gasteiger partial charge in [0.2, 0.25) is 0 Å². The van der Waals surface area contributed by atoms with Crippen molar-refractivity contribution >= 4 is 18.4 Å². The van der Waals surface area contributed by atoms with E-state index in [1.54, 1.807) is 4.90 Å². The molecule has 3 N–H and O–H groups in total. The van der Waals surface area contributed by atoms with Gasteiger partial charge < -0.3 is 16.0 Å². The van der Waals surface area contributed by atoms with Gasteiger partial charge in [0.25, 0.3) is 0 Å². The Kier molecular flexibility index (Phi) is 4.00. The summed E-state index contributed by atoms with van der Waals surface area (Å²) in [5.41, 5.74) is 5.09. The number of nitrogens with zero attached hydrogens (tertiary/aromatic N) is 1. The van der Waals surface area contributed by atoms with Gasteiger partial charge in [0.05, 0.1) is 5.54 Å². The average Bonchev–Trinajstić information content (AvgIpc) is 1.94. The number of hydrogen-bond acceptors (Lipinski definition) is 2. The summed E-state index contributed by atoms with van der Waals surface area (Å²) in [6, 6.07) is -0.0351. The van der Waals surface area contributed by atoms with E-state index in [-0.39, 0.29) is 24.0 Å². The summed E-state index contributed by atoms with van der Waals surface area (Å²) in [4.78, 5) is 12.8. The van der Waals surface area contributed by atoms with Crippen LogP contribution in [0.25, 0.3) is 0 Å². The standard InChI is InChI=1S/C8H17N3O.ClH/c1-6-8(2,3)11(7(9)12)5-4-10-6;/h6,10H,4-5H2,1-3H3,(H2,9,12);1H. The van der Waals surface area contributed by atoms with Crippen molar-refractivity contribution in [2.75, 3.05) is 13.1 Å². The Bertz CT molecular complexity index is 196. The van der Waals surface area contributed by atoms with Crippen LogP contribution in [0.15, 0.2) is 0 Å². The van der Waals surface area contributed by atoms with Crippen molar-refractivity contribution in [3.63, 3.8) is 0 Å².